The average Bonchev–Trinajstić information content (AvgIpc) is 3.69. The van der Waals surface area contributed by atoms with Crippen molar-refractivity contribution in [1.29, 1.82) is 0 Å². The number of nitrogens with one attached hydrogen (secondary N) is 1. The Kier molecular flexibility index (Phi) is 7.47. The molecule has 0 atom stereocenters. The van der Waals surface area contributed by atoms with E-state index >= 15 is 0 Å². The van der Waals surface area contributed by atoms with Crippen LogP contribution in [0.2, 0.25) is 0 Å². The Bertz CT molecular complexity index is 1640. The maximum atomic E-state index is 5.58. The third kappa shape index (κ3) is 5.69. The van der Waals surface area contributed by atoms with E-state index in [0.717, 1.165) is 92.0 Å². The first-order chi connectivity index (χ1) is 20.7. The Morgan fingerprint density at radius 2 is 1.57 bits per heavy atom. The van der Waals surface area contributed by atoms with Gasteiger partial charge in [0.05, 0.1) is 61.4 Å². The molecule has 12 nitrogen and oxygen atoms in total. The average molecular weight is 567 g/mol. The fraction of sp³-hybridized carbons (Fsp3) is 0.367. The Morgan fingerprint density at radius 1 is 0.833 bits per heavy atom. The van der Waals surface area contributed by atoms with E-state index in [9.17, 15) is 0 Å². The second-order valence-electron chi connectivity index (χ2n) is 10.5. The van der Waals surface area contributed by atoms with E-state index in [0.29, 0.717) is 19.2 Å². The normalized spacial score (nSPS) is 16.3. The highest BCUT2D eigenvalue weighted by atomic mass is 16.5. The lowest BCUT2D eigenvalue weighted by Crippen LogP contribution is -2.37. The number of rotatable bonds is 8. The minimum absolute atomic E-state index is 0.660. The molecule has 3 aromatic heterocycles. The van der Waals surface area contributed by atoms with E-state index in [4.69, 9.17) is 24.5 Å². The lowest BCUT2D eigenvalue weighted by atomic mass is 10.1. The molecule has 0 spiro atoms. The summed E-state index contributed by atoms with van der Waals surface area (Å²) in [6.07, 6.45) is 4.24. The van der Waals surface area contributed by atoms with Crippen LogP contribution in [-0.2, 0) is 22.9 Å². The molecule has 2 saturated heterocycles. The summed E-state index contributed by atoms with van der Waals surface area (Å²) in [5, 5.41) is 17.9. The van der Waals surface area contributed by atoms with Gasteiger partial charge >= 0.3 is 0 Å². The number of aryl methyl sites for hydroxylation is 1. The standard InChI is InChI=1S/C30H34N10O2/c1-37-28-20-22(2-7-25(28)26(36-37)8-11-38-12-16-41-17-13-38)27-21-29(35-30(34-27)39-14-18-42-19-15-39)33-23-3-5-24(6-4-23)40-31-9-10-32-40/h2-7,9-10,20-21H,8,11-19H2,1H3,(H,33,34,35). The number of hydrogen-bond donors (Lipinski definition) is 1. The third-order valence-electron chi connectivity index (χ3n) is 7.79. The van der Waals surface area contributed by atoms with Gasteiger partial charge in [-0.1, -0.05) is 12.1 Å². The van der Waals surface area contributed by atoms with Gasteiger partial charge in [-0.25, -0.2) is 4.98 Å². The molecule has 12 heteroatoms. The zero-order valence-corrected chi connectivity index (χ0v) is 23.7. The van der Waals surface area contributed by atoms with Crippen LogP contribution in [0.25, 0.3) is 27.8 Å². The predicted molar refractivity (Wildman–Crippen MR) is 160 cm³/mol. The van der Waals surface area contributed by atoms with Gasteiger partial charge in [0.25, 0.3) is 0 Å². The molecule has 0 bridgehead atoms. The number of anilines is 3. The summed E-state index contributed by atoms with van der Waals surface area (Å²) >= 11 is 0. The number of ether oxygens (including phenoxy) is 2. The van der Waals surface area contributed by atoms with Gasteiger partial charge in [0.1, 0.15) is 5.82 Å². The zero-order chi connectivity index (χ0) is 28.3. The molecule has 2 fully saturated rings. The van der Waals surface area contributed by atoms with Gasteiger partial charge in [-0.3, -0.25) is 9.58 Å². The van der Waals surface area contributed by atoms with Crippen LogP contribution in [0.4, 0.5) is 17.5 Å². The number of hydrogen-bond acceptors (Lipinski definition) is 10. The number of morpholine rings is 2. The topological polar surface area (TPSA) is 111 Å². The van der Waals surface area contributed by atoms with Crippen molar-refractivity contribution in [3.63, 3.8) is 0 Å². The molecule has 0 saturated carbocycles. The van der Waals surface area contributed by atoms with Gasteiger partial charge < -0.3 is 19.7 Å². The smallest absolute Gasteiger partial charge is 0.228 e. The van der Waals surface area contributed by atoms with E-state index < -0.39 is 0 Å². The highest BCUT2D eigenvalue weighted by molar-refractivity contribution is 5.87. The summed E-state index contributed by atoms with van der Waals surface area (Å²) in [7, 11) is 2.01. The maximum Gasteiger partial charge on any atom is 0.228 e. The Morgan fingerprint density at radius 3 is 2.33 bits per heavy atom. The van der Waals surface area contributed by atoms with Crippen molar-refractivity contribution >= 4 is 28.4 Å². The molecule has 0 aliphatic carbocycles. The molecular formula is C30H34N10O2. The fourth-order valence-corrected chi connectivity index (χ4v) is 5.49. The first kappa shape index (κ1) is 26.5. The fourth-order valence-electron chi connectivity index (χ4n) is 5.49. The second-order valence-corrected chi connectivity index (χ2v) is 10.5. The molecule has 0 amide bonds. The van der Waals surface area contributed by atoms with Crippen LogP contribution >= 0.6 is 0 Å². The minimum atomic E-state index is 0.660. The van der Waals surface area contributed by atoms with Gasteiger partial charge in [-0.15, -0.1) is 0 Å². The van der Waals surface area contributed by atoms with E-state index in [1.54, 1.807) is 17.2 Å². The first-order valence-electron chi connectivity index (χ1n) is 14.4. The van der Waals surface area contributed by atoms with Gasteiger partial charge in [0.15, 0.2) is 0 Å². The van der Waals surface area contributed by atoms with Gasteiger partial charge in [-0.2, -0.15) is 25.1 Å². The molecular weight excluding hydrogens is 532 g/mol. The Labute approximate surface area is 243 Å². The van der Waals surface area contributed by atoms with Crippen LogP contribution in [0.3, 0.4) is 0 Å². The van der Waals surface area contributed by atoms with E-state index in [2.05, 4.69) is 43.5 Å². The van der Waals surface area contributed by atoms with Crippen LogP contribution in [-0.4, -0.2) is 98.8 Å². The molecule has 5 heterocycles. The summed E-state index contributed by atoms with van der Waals surface area (Å²) in [5.41, 5.74) is 5.88. The summed E-state index contributed by atoms with van der Waals surface area (Å²) in [5.74, 6) is 1.41. The van der Waals surface area contributed by atoms with Crippen LogP contribution in [0.15, 0.2) is 60.9 Å². The summed E-state index contributed by atoms with van der Waals surface area (Å²) in [6.45, 7) is 7.39. The van der Waals surface area contributed by atoms with Crippen molar-refractivity contribution in [2.24, 2.45) is 7.05 Å². The lowest BCUT2D eigenvalue weighted by molar-refractivity contribution is 0.0383. The maximum absolute atomic E-state index is 5.58. The Balaban J connectivity index is 1.18. The summed E-state index contributed by atoms with van der Waals surface area (Å²) in [4.78, 5) is 16.1. The third-order valence-corrected chi connectivity index (χ3v) is 7.79. The SMILES string of the molecule is Cn1nc(CCN2CCOCC2)c2ccc(-c3cc(Nc4ccc(-n5nccn5)cc4)nc(N4CCOCC4)n3)cc21. The van der Waals surface area contributed by atoms with E-state index in [-0.39, 0.29) is 0 Å². The summed E-state index contributed by atoms with van der Waals surface area (Å²) in [6, 6.07) is 16.4. The summed E-state index contributed by atoms with van der Waals surface area (Å²) < 4.78 is 13.1. The molecule has 2 aromatic carbocycles. The molecule has 0 radical (unpaired) electrons. The number of fused-ring (bicyclic) bond motifs is 1. The molecule has 1 N–H and O–H groups in total. The molecule has 216 valence electrons. The van der Waals surface area contributed by atoms with Crippen molar-refractivity contribution in [2.45, 2.75) is 6.42 Å². The highest BCUT2D eigenvalue weighted by Gasteiger charge is 2.18. The van der Waals surface area contributed by atoms with Crippen molar-refractivity contribution in [3.8, 4) is 16.9 Å². The van der Waals surface area contributed by atoms with Gasteiger partial charge in [0, 0.05) is 68.9 Å². The van der Waals surface area contributed by atoms with Crippen molar-refractivity contribution < 1.29 is 9.47 Å². The largest absolute Gasteiger partial charge is 0.379 e. The molecule has 2 aliphatic heterocycles. The molecule has 42 heavy (non-hydrogen) atoms. The monoisotopic (exact) mass is 566 g/mol. The number of nitrogens with zero attached hydrogens (tertiary/aromatic N) is 9. The van der Waals surface area contributed by atoms with Crippen LogP contribution < -0.4 is 10.2 Å². The quantitative estimate of drug-likeness (QED) is 0.301. The second kappa shape index (κ2) is 11.8. The first-order valence-corrected chi connectivity index (χ1v) is 14.4. The van der Waals surface area contributed by atoms with Crippen LogP contribution in [0.1, 0.15) is 5.69 Å². The van der Waals surface area contributed by atoms with Crippen LogP contribution in [0.5, 0.6) is 0 Å². The van der Waals surface area contributed by atoms with E-state index in [1.807, 2.05) is 42.1 Å². The van der Waals surface area contributed by atoms with Crippen molar-refractivity contribution in [1.82, 2.24) is 39.6 Å². The number of aromatic nitrogens is 7. The minimum Gasteiger partial charge on any atom is -0.379 e. The molecule has 7 rings (SSSR count). The Hall–Kier alpha value is -4.39. The van der Waals surface area contributed by atoms with Gasteiger partial charge in [0.2, 0.25) is 5.95 Å². The van der Waals surface area contributed by atoms with Crippen molar-refractivity contribution in [2.75, 3.05) is 69.4 Å². The number of benzene rings is 2. The predicted octanol–water partition coefficient (Wildman–Crippen LogP) is 3.07. The van der Waals surface area contributed by atoms with Crippen LogP contribution in [0, 0.1) is 0 Å². The van der Waals surface area contributed by atoms with E-state index in [1.165, 1.54) is 5.39 Å². The lowest BCUT2D eigenvalue weighted by Gasteiger charge is -2.27. The zero-order valence-electron chi connectivity index (χ0n) is 23.7. The molecule has 0 unspecified atom stereocenters. The molecule has 5 aromatic rings. The van der Waals surface area contributed by atoms with Gasteiger partial charge in [-0.05, 0) is 30.3 Å². The van der Waals surface area contributed by atoms with Crippen molar-refractivity contribution in [3.05, 3.63) is 66.6 Å². The molecule has 2 aliphatic rings. The highest BCUT2D eigenvalue weighted by Crippen LogP contribution is 2.29.